The van der Waals surface area contributed by atoms with Gasteiger partial charge in [-0.2, -0.15) is 0 Å². The average molecular weight is 352 g/mol. The van der Waals surface area contributed by atoms with Crippen LogP contribution in [0.1, 0.15) is 10.4 Å². The number of hydrogen-bond acceptors (Lipinski definition) is 3. The minimum Gasteiger partial charge on any atom is -0.477 e. The smallest absolute Gasteiger partial charge is 0.341 e. The highest BCUT2D eigenvalue weighted by atomic mass is 19.1. The zero-order valence-corrected chi connectivity index (χ0v) is 14.3. The summed E-state index contributed by atoms with van der Waals surface area (Å²) in [4.78, 5) is 25.5. The first-order valence-corrected chi connectivity index (χ1v) is 7.90. The summed E-state index contributed by atoms with van der Waals surface area (Å²) in [5.41, 5.74) is 1.64. The topological polar surface area (TPSA) is 62.5 Å². The van der Waals surface area contributed by atoms with Gasteiger partial charge < -0.3 is 14.6 Å². The van der Waals surface area contributed by atoms with E-state index >= 15 is 0 Å². The Kier molecular flexibility index (Phi) is 4.58. The van der Waals surface area contributed by atoms with E-state index in [-0.39, 0.29) is 5.56 Å². The Labute approximate surface area is 149 Å². The van der Waals surface area contributed by atoms with E-state index in [4.69, 9.17) is 0 Å². The lowest BCUT2D eigenvalue weighted by Gasteiger charge is -2.17. The molecule has 0 amide bonds. The van der Waals surface area contributed by atoms with Gasteiger partial charge in [0.2, 0.25) is 0 Å². The van der Waals surface area contributed by atoms with E-state index < -0.39 is 17.2 Å². The first kappa shape index (κ1) is 17.4. The molecule has 3 aromatic rings. The van der Waals surface area contributed by atoms with Crippen LogP contribution in [-0.2, 0) is 0 Å². The molecule has 0 aliphatic heterocycles. The molecular weight excluding hydrogens is 335 g/mol. The van der Waals surface area contributed by atoms with Gasteiger partial charge >= 0.3 is 5.97 Å². The number of pyridine rings is 1. The number of carboxylic acid groups (broad SMARTS) is 1. The quantitative estimate of drug-likeness (QED) is 0.782. The van der Waals surface area contributed by atoms with Crippen LogP contribution in [0.15, 0.2) is 65.6 Å². The number of carboxylic acids is 1. The molecule has 0 saturated heterocycles. The van der Waals surface area contributed by atoms with Crippen molar-refractivity contribution in [1.82, 2.24) is 4.57 Å². The number of carbonyl (C=O) groups is 1. The molecule has 0 bridgehead atoms. The van der Waals surface area contributed by atoms with Gasteiger partial charge in [-0.15, -0.1) is 0 Å². The molecule has 0 fully saturated rings. The number of aromatic nitrogens is 1. The summed E-state index contributed by atoms with van der Waals surface area (Å²) in [6.07, 6.45) is 1.23. The van der Waals surface area contributed by atoms with Gasteiger partial charge in [0.15, 0.2) is 5.43 Å². The number of anilines is 1. The molecule has 0 aliphatic rings. The van der Waals surface area contributed by atoms with Gasteiger partial charge in [0.25, 0.3) is 0 Å². The van der Waals surface area contributed by atoms with Crippen molar-refractivity contribution in [3.05, 3.63) is 82.4 Å². The molecule has 2 aromatic carbocycles. The van der Waals surface area contributed by atoms with E-state index in [0.717, 1.165) is 5.69 Å². The van der Waals surface area contributed by atoms with E-state index in [1.54, 1.807) is 6.07 Å². The van der Waals surface area contributed by atoms with E-state index in [1.807, 2.05) is 43.3 Å². The van der Waals surface area contributed by atoms with Crippen LogP contribution in [-0.4, -0.2) is 29.7 Å². The Morgan fingerprint density at radius 1 is 1.08 bits per heavy atom. The van der Waals surface area contributed by atoms with Gasteiger partial charge in [0, 0.05) is 37.7 Å². The molecule has 0 atom stereocenters. The second kappa shape index (κ2) is 6.84. The maximum atomic E-state index is 13.7. The number of hydrogen-bond donors (Lipinski definition) is 1. The molecule has 26 heavy (non-hydrogen) atoms. The summed E-state index contributed by atoms with van der Waals surface area (Å²) in [5, 5.41) is 9.26. The van der Waals surface area contributed by atoms with Crippen molar-refractivity contribution in [3.8, 4) is 16.9 Å². The SMILES string of the molecule is CN(C)c1ccc(-c2cc(=O)c(C(=O)O)cn2-c2cccc(F)c2)cc1. The third kappa shape index (κ3) is 3.35. The Morgan fingerprint density at radius 2 is 1.77 bits per heavy atom. The fourth-order valence-electron chi connectivity index (χ4n) is 2.69. The Bertz CT molecular complexity index is 1020. The highest BCUT2D eigenvalue weighted by Gasteiger charge is 2.15. The lowest BCUT2D eigenvalue weighted by atomic mass is 10.1. The van der Waals surface area contributed by atoms with E-state index in [9.17, 15) is 19.1 Å². The largest absolute Gasteiger partial charge is 0.477 e. The first-order chi connectivity index (χ1) is 12.4. The molecule has 0 radical (unpaired) electrons. The molecule has 132 valence electrons. The minimum atomic E-state index is -1.32. The molecule has 0 spiro atoms. The third-order valence-corrected chi connectivity index (χ3v) is 4.05. The molecule has 1 aromatic heterocycles. The van der Waals surface area contributed by atoms with E-state index in [1.165, 1.54) is 35.0 Å². The molecule has 1 heterocycles. The molecule has 0 aliphatic carbocycles. The molecule has 1 N–H and O–H groups in total. The lowest BCUT2D eigenvalue weighted by Crippen LogP contribution is -2.18. The molecule has 0 unspecified atom stereocenters. The molecule has 0 saturated carbocycles. The van der Waals surface area contributed by atoms with Gasteiger partial charge in [-0.05, 0) is 35.9 Å². The highest BCUT2D eigenvalue weighted by molar-refractivity contribution is 5.87. The van der Waals surface area contributed by atoms with Crippen LogP contribution in [0.3, 0.4) is 0 Å². The van der Waals surface area contributed by atoms with Gasteiger partial charge in [0.05, 0.1) is 5.69 Å². The van der Waals surface area contributed by atoms with Gasteiger partial charge in [-0.1, -0.05) is 18.2 Å². The second-order valence-electron chi connectivity index (χ2n) is 6.03. The summed E-state index contributed by atoms with van der Waals surface area (Å²) >= 11 is 0. The average Bonchev–Trinajstić information content (AvgIpc) is 2.61. The zero-order valence-electron chi connectivity index (χ0n) is 14.3. The number of nitrogens with zero attached hydrogens (tertiary/aromatic N) is 2. The van der Waals surface area contributed by atoms with E-state index in [2.05, 4.69) is 0 Å². The van der Waals surface area contributed by atoms with Crippen LogP contribution in [0.4, 0.5) is 10.1 Å². The summed E-state index contributed by atoms with van der Waals surface area (Å²) in [6.45, 7) is 0. The summed E-state index contributed by atoms with van der Waals surface area (Å²) in [5.74, 6) is -1.78. The number of rotatable bonds is 4. The zero-order chi connectivity index (χ0) is 18.8. The van der Waals surface area contributed by atoms with Crippen molar-refractivity contribution < 1.29 is 14.3 Å². The monoisotopic (exact) mass is 352 g/mol. The summed E-state index contributed by atoms with van der Waals surface area (Å²) in [7, 11) is 3.83. The highest BCUT2D eigenvalue weighted by Crippen LogP contribution is 2.25. The normalized spacial score (nSPS) is 10.6. The van der Waals surface area contributed by atoms with Crippen LogP contribution in [0, 0.1) is 5.82 Å². The van der Waals surface area contributed by atoms with Crippen LogP contribution in [0.25, 0.3) is 16.9 Å². The third-order valence-electron chi connectivity index (χ3n) is 4.05. The van der Waals surface area contributed by atoms with Gasteiger partial charge in [-0.3, -0.25) is 4.79 Å². The van der Waals surface area contributed by atoms with Crippen molar-refractivity contribution in [3.63, 3.8) is 0 Å². The standard InChI is InChI=1S/C20H17FN2O3/c1-22(2)15-8-6-13(7-9-15)18-11-19(24)17(20(25)26)12-23(18)16-5-3-4-14(21)10-16/h3-12H,1-2H3,(H,25,26). The van der Waals surface area contributed by atoms with Crippen molar-refractivity contribution in [1.29, 1.82) is 0 Å². The molecule has 5 nitrogen and oxygen atoms in total. The Morgan fingerprint density at radius 3 is 2.35 bits per heavy atom. The van der Waals surface area contributed by atoms with Crippen LogP contribution < -0.4 is 10.3 Å². The predicted octanol–water partition coefficient (Wildman–Crippen LogP) is 3.41. The Hall–Kier alpha value is -3.41. The van der Waals surface area contributed by atoms with Crippen molar-refractivity contribution in [2.45, 2.75) is 0 Å². The van der Waals surface area contributed by atoms with Crippen molar-refractivity contribution in [2.75, 3.05) is 19.0 Å². The van der Waals surface area contributed by atoms with Crippen LogP contribution in [0.2, 0.25) is 0 Å². The lowest BCUT2D eigenvalue weighted by molar-refractivity contribution is 0.0695. The Balaban J connectivity index is 2.25. The van der Waals surface area contributed by atoms with Crippen LogP contribution in [0.5, 0.6) is 0 Å². The number of benzene rings is 2. The van der Waals surface area contributed by atoms with Gasteiger partial charge in [-0.25, -0.2) is 9.18 Å². The molecular formula is C20H17FN2O3. The van der Waals surface area contributed by atoms with E-state index in [0.29, 0.717) is 16.9 Å². The van der Waals surface area contributed by atoms with Crippen molar-refractivity contribution >= 4 is 11.7 Å². The number of aromatic carboxylic acids is 1. The second-order valence-corrected chi connectivity index (χ2v) is 6.03. The number of halogens is 1. The maximum absolute atomic E-state index is 13.7. The first-order valence-electron chi connectivity index (χ1n) is 7.90. The van der Waals surface area contributed by atoms with Gasteiger partial charge in [0.1, 0.15) is 11.4 Å². The summed E-state index contributed by atoms with van der Waals surface area (Å²) < 4.78 is 15.2. The minimum absolute atomic E-state index is 0.372. The fraction of sp³-hybridized carbons (Fsp3) is 0.100. The molecule has 3 rings (SSSR count). The predicted molar refractivity (Wildman–Crippen MR) is 98.7 cm³/mol. The molecule has 6 heteroatoms. The van der Waals surface area contributed by atoms with Crippen molar-refractivity contribution in [2.24, 2.45) is 0 Å². The summed E-state index contributed by atoms with van der Waals surface area (Å²) in [6, 6.07) is 14.5. The maximum Gasteiger partial charge on any atom is 0.341 e. The fourth-order valence-corrected chi connectivity index (χ4v) is 2.69. The van der Waals surface area contributed by atoms with Crippen LogP contribution >= 0.6 is 0 Å².